The van der Waals surface area contributed by atoms with Gasteiger partial charge in [0.05, 0.1) is 12.0 Å². The molecule has 1 saturated carbocycles. The molecule has 1 aliphatic carbocycles. The summed E-state index contributed by atoms with van der Waals surface area (Å²) in [5.74, 6) is -2.65. The second-order valence-corrected chi connectivity index (χ2v) is 3.28. The SMILES string of the molecule is CC1(CO)CCCC1(F)F. The lowest BCUT2D eigenvalue weighted by atomic mass is 9.87. The Balaban J connectivity index is 2.76. The summed E-state index contributed by atoms with van der Waals surface area (Å²) in [5.41, 5.74) is -1.15. The molecule has 1 nitrogen and oxygen atoms in total. The Morgan fingerprint density at radius 2 is 2.00 bits per heavy atom. The van der Waals surface area contributed by atoms with Crippen LogP contribution in [-0.2, 0) is 0 Å². The van der Waals surface area contributed by atoms with Crippen LogP contribution < -0.4 is 0 Å². The molecule has 1 unspecified atom stereocenters. The molecule has 0 aromatic heterocycles. The Morgan fingerprint density at radius 1 is 1.40 bits per heavy atom. The Labute approximate surface area is 59.0 Å². The molecule has 10 heavy (non-hydrogen) atoms. The number of aliphatic hydroxyl groups is 1. The molecule has 1 rings (SSSR count). The highest BCUT2D eigenvalue weighted by atomic mass is 19.3. The molecule has 1 N–H and O–H groups in total. The second kappa shape index (κ2) is 2.16. The summed E-state index contributed by atoms with van der Waals surface area (Å²) in [6, 6.07) is 0. The summed E-state index contributed by atoms with van der Waals surface area (Å²) >= 11 is 0. The molecule has 0 bridgehead atoms. The van der Waals surface area contributed by atoms with Crippen molar-refractivity contribution in [3.8, 4) is 0 Å². The van der Waals surface area contributed by atoms with Crippen molar-refractivity contribution in [2.45, 2.75) is 32.1 Å². The standard InChI is InChI=1S/C7H12F2O/c1-6(5-10)3-2-4-7(6,8)9/h10H,2-5H2,1H3. The van der Waals surface area contributed by atoms with Crippen LogP contribution in [0.2, 0.25) is 0 Å². The molecule has 0 aliphatic heterocycles. The van der Waals surface area contributed by atoms with Crippen molar-refractivity contribution in [2.24, 2.45) is 5.41 Å². The molecule has 0 spiro atoms. The summed E-state index contributed by atoms with van der Waals surface area (Å²) in [6.07, 6.45) is 0.907. The summed E-state index contributed by atoms with van der Waals surface area (Å²) in [4.78, 5) is 0. The predicted octanol–water partition coefficient (Wildman–Crippen LogP) is 1.80. The first-order chi connectivity index (χ1) is 4.52. The van der Waals surface area contributed by atoms with E-state index in [2.05, 4.69) is 0 Å². The van der Waals surface area contributed by atoms with Gasteiger partial charge in [-0.05, 0) is 12.8 Å². The van der Waals surface area contributed by atoms with E-state index in [-0.39, 0.29) is 6.42 Å². The Kier molecular flexibility index (Phi) is 1.71. The first-order valence-electron chi connectivity index (χ1n) is 3.50. The molecule has 0 radical (unpaired) electrons. The maximum absolute atomic E-state index is 12.8. The average molecular weight is 150 g/mol. The van der Waals surface area contributed by atoms with E-state index in [9.17, 15) is 8.78 Å². The minimum Gasteiger partial charge on any atom is -0.396 e. The third kappa shape index (κ3) is 0.926. The zero-order valence-electron chi connectivity index (χ0n) is 6.03. The zero-order chi connectivity index (χ0) is 7.83. The van der Waals surface area contributed by atoms with Crippen LogP contribution in [0.5, 0.6) is 0 Å². The molecular formula is C7H12F2O. The highest BCUT2D eigenvalue weighted by Crippen LogP contribution is 2.49. The van der Waals surface area contributed by atoms with Gasteiger partial charge in [-0.25, -0.2) is 8.78 Å². The van der Waals surface area contributed by atoms with Crippen molar-refractivity contribution in [1.29, 1.82) is 0 Å². The van der Waals surface area contributed by atoms with Crippen molar-refractivity contribution in [3.05, 3.63) is 0 Å². The molecule has 3 heteroatoms. The van der Waals surface area contributed by atoms with Crippen LogP contribution >= 0.6 is 0 Å². The number of hydrogen-bond acceptors (Lipinski definition) is 1. The molecule has 1 aliphatic rings. The van der Waals surface area contributed by atoms with Crippen molar-refractivity contribution in [1.82, 2.24) is 0 Å². The largest absolute Gasteiger partial charge is 0.396 e. The molecule has 60 valence electrons. The maximum Gasteiger partial charge on any atom is 0.255 e. The fourth-order valence-electron chi connectivity index (χ4n) is 1.38. The molecular weight excluding hydrogens is 138 g/mol. The topological polar surface area (TPSA) is 20.2 Å². The lowest BCUT2D eigenvalue weighted by Crippen LogP contribution is -2.36. The first-order valence-corrected chi connectivity index (χ1v) is 3.50. The zero-order valence-corrected chi connectivity index (χ0v) is 6.03. The molecule has 0 saturated heterocycles. The van der Waals surface area contributed by atoms with Gasteiger partial charge in [0.25, 0.3) is 5.92 Å². The molecule has 1 fully saturated rings. The lowest BCUT2D eigenvalue weighted by Gasteiger charge is -2.28. The Morgan fingerprint density at radius 3 is 2.20 bits per heavy atom. The average Bonchev–Trinajstić information content (AvgIpc) is 2.10. The number of aliphatic hydroxyl groups excluding tert-OH is 1. The summed E-state index contributed by atoms with van der Waals surface area (Å²) in [7, 11) is 0. The third-order valence-corrected chi connectivity index (χ3v) is 2.45. The Hall–Kier alpha value is -0.180. The summed E-state index contributed by atoms with van der Waals surface area (Å²) in [6.45, 7) is 1.04. The first kappa shape index (κ1) is 7.92. The maximum atomic E-state index is 12.8. The predicted molar refractivity (Wildman–Crippen MR) is 34.0 cm³/mol. The molecule has 0 aromatic rings. The van der Waals surface area contributed by atoms with E-state index < -0.39 is 17.9 Å². The summed E-state index contributed by atoms with van der Waals surface area (Å²) < 4.78 is 25.7. The van der Waals surface area contributed by atoms with E-state index in [4.69, 9.17) is 5.11 Å². The van der Waals surface area contributed by atoms with Gasteiger partial charge < -0.3 is 5.11 Å². The minimum atomic E-state index is -2.65. The Bertz CT molecular complexity index is 136. The van der Waals surface area contributed by atoms with Crippen molar-refractivity contribution in [2.75, 3.05) is 6.61 Å². The van der Waals surface area contributed by atoms with Gasteiger partial charge >= 0.3 is 0 Å². The van der Waals surface area contributed by atoms with E-state index in [0.29, 0.717) is 12.8 Å². The van der Waals surface area contributed by atoms with Gasteiger partial charge in [0.2, 0.25) is 0 Å². The van der Waals surface area contributed by atoms with Gasteiger partial charge in [-0.2, -0.15) is 0 Å². The highest BCUT2D eigenvalue weighted by Gasteiger charge is 2.53. The van der Waals surface area contributed by atoms with Gasteiger partial charge in [0.15, 0.2) is 0 Å². The number of halogens is 2. The van der Waals surface area contributed by atoms with E-state index in [1.807, 2.05) is 0 Å². The van der Waals surface area contributed by atoms with E-state index in [0.717, 1.165) is 0 Å². The summed E-state index contributed by atoms with van der Waals surface area (Å²) in [5, 5.41) is 8.68. The monoisotopic (exact) mass is 150 g/mol. The van der Waals surface area contributed by atoms with Gasteiger partial charge in [0, 0.05) is 6.42 Å². The molecule has 1 atom stereocenters. The van der Waals surface area contributed by atoms with Crippen LogP contribution in [0.25, 0.3) is 0 Å². The van der Waals surface area contributed by atoms with Crippen LogP contribution in [0.15, 0.2) is 0 Å². The molecule has 0 amide bonds. The van der Waals surface area contributed by atoms with Crippen molar-refractivity contribution < 1.29 is 13.9 Å². The third-order valence-electron chi connectivity index (χ3n) is 2.45. The van der Waals surface area contributed by atoms with Gasteiger partial charge in [-0.3, -0.25) is 0 Å². The fraction of sp³-hybridized carbons (Fsp3) is 1.00. The fourth-order valence-corrected chi connectivity index (χ4v) is 1.38. The van der Waals surface area contributed by atoms with Crippen LogP contribution in [0.1, 0.15) is 26.2 Å². The highest BCUT2D eigenvalue weighted by molar-refractivity contribution is 4.94. The molecule has 0 aromatic carbocycles. The lowest BCUT2D eigenvalue weighted by molar-refractivity contribution is -0.110. The molecule has 0 heterocycles. The van der Waals surface area contributed by atoms with Crippen molar-refractivity contribution in [3.63, 3.8) is 0 Å². The van der Waals surface area contributed by atoms with Gasteiger partial charge in [0.1, 0.15) is 0 Å². The van der Waals surface area contributed by atoms with Crippen LogP contribution in [0.4, 0.5) is 8.78 Å². The number of alkyl halides is 2. The van der Waals surface area contributed by atoms with Crippen molar-refractivity contribution >= 4 is 0 Å². The van der Waals surface area contributed by atoms with Crippen LogP contribution in [-0.4, -0.2) is 17.6 Å². The van der Waals surface area contributed by atoms with Gasteiger partial charge in [-0.15, -0.1) is 0 Å². The minimum absolute atomic E-state index is 0.0654. The quantitative estimate of drug-likeness (QED) is 0.604. The van der Waals surface area contributed by atoms with Crippen LogP contribution in [0, 0.1) is 5.41 Å². The van der Waals surface area contributed by atoms with E-state index in [1.165, 1.54) is 6.92 Å². The normalized spacial score (nSPS) is 38.4. The van der Waals surface area contributed by atoms with Gasteiger partial charge in [-0.1, -0.05) is 6.92 Å². The number of rotatable bonds is 1. The second-order valence-electron chi connectivity index (χ2n) is 3.28. The number of hydrogen-bond donors (Lipinski definition) is 1. The smallest absolute Gasteiger partial charge is 0.255 e. The van der Waals surface area contributed by atoms with E-state index >= 15 is 0 Å². The van der Waals surface area contributed by atoms with Crippen LogP contribution in [0.3, 0.4) is 0 Å². The van der Waals surface area contributed by atoms with E-state index in [1.54, 1.807) is 0 Å².